The van der Waals surface area contributed by atoms with Crippen molar-refractivity contribution < 1.29 is 31.6 Å². The van der Waals surface area contributed by atoms with Gasteiger partial charge in [-0.25, -0.2) is 4.79 Å². The van der Waals surface area contributed by atoms with Gasteiger partial charge in [-0.3, -0.25) is 4.18 Å². The lowest BCUT2D eigenvalue weighted by molar-refractivity contribution is -0.134. The molecule has 0 unspecified atom stereocenters. The van der Waals surface area contributed by atoms with Crippen LogP contribution in [-0.4, -0.2) is 41.8 Å². The number of esters is 1. The van der Waals surface area contributed by atoms with Crippen LogP contribution >= 0.6 is 0 Å². The molecule has 2 aromatic rings. The summed E-state index contributed by atoms with van der Waals surface area (Å²) in [5.41, 5.74) is 2.39. The van der Waals surface area contributed by atoms with E-state index in [1.165, 1.54) is 38.5 Å². The van der Waals surface area contributed by atoms with E-state index < -0.39 is 28.1 Å². The van der Waals surface area contributed by atoms with Gasteiger partial charge >= 0.3 is 5.97 Å². The number of aryl methyl sites for hydroxylation is 2. The van der Waals surface area contributed by atoms with E-state index in [0.717, 1.165) is 11.1 Å². The zero-order chi connectivity index (χ0) is 23.2. The van der Waals surface area contributed by atoms with Crippen molar-refractivity contribution in [2.75, 3.05) is 21.3 Å². The summed E-state index contributed by atoms with van der Waals surface area (Å²) in [4.78, 5) is 11.8. The third-order valence-electron chi connectivity index (χ3n) is 4.84. The second-order valence-electron chi connectivity index (χ2n) is 7.04. The van der Waals surface area contributed by atoms with Gasteiger partial charge in [0.25, 0.3) is 10.1 Å². The monoisotopic (exact) mass is 448 g/mol. The smallest absolute Gasteiger partial charge is 0.330 e. The van der Waals surface area contributed by atoms with Crippen molar-refractivity contribution in [3.05, 3.63) is 65.2 Å². The Morgan fingerprint density at radius 3 is 2.13 bits per heavy atom. The summed E-state index contributed by atoms with van der Waals surface area (Å²) in [7, 11) is 0.279. The van der Waals surface area contributed by atoms with Crippen LogP contribution in [0.1, 0.15) is 29.5 Å². The molecule has 0 aliphatic rings. The molecule has 2 atom stereocenters. The average molecular weight is 449 g/mol. The molecule has 0 saturated carbocycles. The van der Waals surface area contributed by atoms with Crippen LogP contribution in [0.2, 0.25) is 0 Å². The predicted octanol–water partition coefficient (Wildman–Crippen LogP) is 3.93. The molecule has 31 heavy (non-hydrogen) atoms. The number of hydrogen-bond donors (Lipinski definition) is 0. The standard InChI is InChI=1S/C23H28O7S/c1-15-7-9-18(10-8-15)31(25,26)30-17(3)19(11-12-23(24)29-6)20-14-21(27-4)16(2)13-22(20)28-5/h7-14,17,19H,1-6H3/b12-11+/t17-,19+/m0/s1. The second kappa shape index (κ2) is 10.5. The van der Waals surface area contributed by atoms with Crippen LogP contribution in [0, 0.1) is 13.8 Å². The fourth-order valence-electron chi connectivity index (χ4n) is 3.12. The Bertz CT molecular complexity index is 1040. The number of hydrogen-bond acceptors (Lipinski definition) is 7. The van der Waals surface area contributed by atoms with Gasteiger partial charge in [0.1, 0.15) is 11.5 Å². The number of ether oxygens (including phenoxy) is 3. The van der Waals surface area contributed by atoms with Crippen LogP contribution < -0.4 is 9.47 Å². The Morgan fingerprint density at radius 1 is 0.968 bits per heavy atom. The molecule has 0 heterocycles. The molecule has 0 fully saturated rings. The molecule has 0 bridgehead atoms. The van der Waals surface area contributed by atoms with E-state index in [-0.39, 0.29) is 4.90 Å². The molecule has 0 saturated heterocycles. The van der Waals surface area contributed by atoms with E-state index in [1.807, 2.05) is 13.8 Å². The van der Waals surface area contributed by atoms with Crippen molar-refractivity contribution in [3.8, 4) is 11.5 Å². The van der Waals surface area contributed by atoms with E-state index >= 15 is 0 Å². The largest absolute Gasteiger partial charge is 0.496 e. The fraction of sp³-hybridized carbons (Fsp3) is 0.348. The Balaban J connectivity index is 2.50. The maximum atomic E-state index is 12.8. The van der Waals surface area contributed by atoms with Crippen molar-refractivity contribution in [3.63, 3.8) is 0 Å². The Labute approximate surface area is 183 Å². The summed E-state index contributed by atoms with van der Waals surface area (Å²) in [6.07, 6.45) is 1.90. The van der Waals surface area contributed by atoms with E-state index in [0.29, 0.717) is 17.1 Å². The minimum atomic E-state index is -4.04. The van der Waals surface area contributed by atoms with Crippen LogP contribution in [0.3, 0.4) is 0 Å². The number of benzene rings is 2. The van der Waals surface area contributed by atoms with Crippen LogP contribution in [0.5, 0.6) is 11.5 Å². The van der Waals surface area contributed by atoms with Crippen molar-refractivity contribution in [1.82, 2.24) is 0 Å². The first kappa shape index (κ1) is 24.4. The first-order valence-electron chi connectivity index (χ1n) is 9.61. The summed E-state index contributed by atoms with van der Waals surface area (Å²) >= 11 is 0. The summed E-state index contributed by atoms with van der Waals surface area (Å²) in [6.45, 7) is 5.35. The quantitative estimate of drug-likeness (QED) is 0.326. The fourth-order valence-corrected chi connectivity index (χ4v) is 4.22. The molecule has 0 N–H and O–H groups in total. The Kier molecular flexibility index (Phi) is 8.24. The lowest BCUT2D eigenvalue weighted by Gasteiger charge is -2.24. The highest BCUT2D eigenvalue weighted by atomic mass is 32.2. The zero-order valence-corrected chi connectivity index (χ0v) is 19.4. The molecule has 8 heteroatoms. The van der Waals surface area contributed by atoms with Gasteiger partial charge in [0.15, 0.2) is 0 Å². The molecule has 0 aliphatic carbocycles. The maximum Gasteiger partial charge on any atom is 0.330 e. The highest BCUT2D eigenvalue weighted by molar-refractivity contribution is 7.86. The lowest BCUT2D eigenvalue weighted by atomic mass is 9.91. The third kappa shape index (κ3) is 6.08. The van der Waals surface area contributed by atoms with Gasteiger partial charge in [-0.15, -0.1) is 0 Å². The lowest BCUT2D eigenvalue weighted by Crippen LogP contribution is -2.23. The van der Waals surface area contributed by atoms with Gasteiger partial charge in [0.05, 0.1) is 32.3 Å². The molecule has 0 amide bonds. The molecule has 168 valence electrons. The molecule has 0 aliphatic heterocycles. The number of methoxy groups -OCH3 is 3. The minimum Gasteiger partial charge on any atom is -0.496 e. The third-order valence-corrected chi connectivity index (χ3v) is 6.25. The molecule has 7 nitrogen and oxygen atoms in total. The number of carbonyl (C=O) groups excluding carboxylic acids is 1. The summed E-state index contributed by atoms with van der Waals surface area (Å²) < 4.78 is 46.8. The SMILES string of the molecule is COC(=O)/C=C/[C@@H](c1cc(OC)c(C)cc1OC)[C@H](C)OS(=O)(=O)c1ccc(C)cc1. The van der Waals surface area contributed by atoms with E-state index in [9.17, 15) is 13.2 Å². The molecular weight excluding hydrogens is 420 g/mol. The highest BCUT2D eigenvalue weighted by Crippen LogP contribution is 2.37. The molecule has 2 aromatic carbocycles. The average Bonchev–Trinajstić information content (AvgIpc) is 2.74. The van der Waals surface area contributed by atoms with Gasteiger partial charge < -0.3 is 14.2 Å². The molecular formula is C23H28O7S. The van der Waals surface area contributed by atoms with Gasteiger partial charge in [-0.2, -0.15) is 8.42 Å². The first-order valence-corrected chi connectivity index (χ1v) is 11.0. The van der Waals surface area contributed by atoms with Gasteiger partial charge in [-0.1, -0.05) is 23.8 Å². The Morgan fingerprint density at radius 2 is 1.58 bits per heavy atom. The zero-order valence-electron chi connectivity index (χ0n) is 18.5. The van der Waals surface area contributed by atoms with E-state index in [1.54, 1.807) is 38.3 Å². The topological polar surface area (TPSA) is 88.1 Å². The van der Waals surface area contributed by atoms with Crippen LogP contribution in [-0.2, 0) is 23.8 Å². The summed E-state index contributed by atoms with van der Waals surface area (Å²) in [5.74, 6) is -0.109. The van der Waals surface area contributed by atoms with E-state index in [2.05, 4.69) is 4.74 Å². The van der Waals surface area contributed by atoms with Crippen LogP contribution in [0.15, 0.2) is 53.4 Å². The number of carbonyl (C=O) groups is 1. The van der Waals surface area contributed by atoms with Crippen molar-refractivity contribution >= 4 is 16.1 Å². The van der Waals surface area contributed by atoms with Crippen molar-refractivity contribution in [1.29, 1.82) is 0 Å². The normalized spacial score (nSPS) is 13.6. The van der Waals surface area contributed by atoms with Crippen LogP contribution in [0.4, 0.5) is 0 Å². The van der Waals surface area contributed by atoms with Crippen molar-refractivity contribution in [2.45, 2.75) is 37.7 Å². The number of rotatable bonds is 9. The van der Waals surface area contributed by atoms with Gasteiger partial charge in [0.2, 0.25) is 0 Å². The second-order valence-corrected chi connectivity index (χ2v) is 8.61. The summed E-state index contributed by atoms with van der Waals surface area (Å²) in [6, 6.07) is 9.91. The Hall–Kier alpha value is -2.84. The predicted molar refractivity (Wildman–Crippen MR) is 117 cm³/mol. The maximum absolute atomic E-state index is 12.8. The molecule has 0 spiro atoms. The van der Waals surface area contributed by atoms with Gasteiger partial charge in [0, 0.05) is 17.6 Å². The van der Waals surface area contributed by atoms with Gasteiger partial charge in [-0.05, 0) is 50.6 Å². The highest BCUT2D eigenvalue weighted by Gasteiger charge is 2.28. The van der Waals surface area contributed by atoms with Crippen molar-refractivity contribution in [2.24, 2.45) is 0 Å². The molecule has 2 rings (SSSR count). The minimum absolute atomic E-state index is 0.0501. The summed E-state index contributed by atoms with van der Waals surface area (Å²) in [5, 5.41) is 0. The van der Waals surface area contributed by atoms with E-state index in [4.69, 9.17) is 13.7 Å². The molecule has 0 aromatic heterocycles. The first-order chi connectivity index (χ1) is 14.6. The molecule has 0 radical (unpaired) electrons. The van der Waals surface area contributed by atoms with Crippen LogP contribution in [0.25, 0.3) is 0 Å².